The van der Waals surface area contributed by atoms with Gasteiger partial charge in [0.15, 0.2) is 0 Å². The van der Waals surface area contributed by atoms with Crippen LogP contribution in [0.15, 0.2) is 48.5 Å². The van der Waals surface area contributed by atoms with Crippen LogP contribution >= 0.6 is 0 Å². The number of rotatable bonds is 5. The van der Waals surface area contributed by atoms with Crippen molar-refractivity contribution in [2.45, 2.75) is 6.42 Å². The second-order valence-electron chi connectivity index (χ2n) is 7.08. The van der Waals surface area contributed by atoms with E-state index in [1.165, 1.54) is 11.4 Å². The largest absolute Gasteiger partial charge is 0.399 e. The second-order valence-corrected chi connectivity index (χ2v) is 7.08. The summed E-state index contributed by atoms with van der Waals surface area (Å²) in [5, 5.41) is 9.22. The van der Waals surface area contributed by atoms with E-state index < -0.39 is 0 Å². The van der Waals surface area contributed by atoms with Gasteiger partial charge in [-0.2, -0.15) is 0 Å². The highest BCUT2D eigenvalue weighted by Gasteiger charge is 2.17. The van der Waals surface area contributed by atoms with Crippen molar-refractivity contribution < 1.29 is 5.11 Å². The first-order chi connectivity index (χ1) is 13.2. The van der Waals surface area contributed by atoms with E-state index in [4.69, 9.17) is 11.5 Å². The minimum absolute atomic E-state index is 0.236. The number of aliphatic hydroxyl groups is 1. The molecular weight excluding hydrogens is 338 g/mol. The zero-order valence-corrected chi connectivity index (χ0v) is 15.9. The molecule has 0 atom stereocenters. The third-order valence-electron chi connectivity index (χ3n) is 5.16. The summed E-state index contributed by atoms with van der Waals surface area (Å²) in [5.41, 5.74) is 15.7. The lowest BCUT2D eigenvalue weighted by molar-refractivity contribution is 0.230. The molecule has 1 aliphatic heterocycles. The van der Waals surface area contributed by atoms with Crippen molar-refractivity contribution in [2.24, 2.45) is 0 Å². The lowest BCUT2D eigenvalue weighted by atomic mass is 10.2. The van der Waals surface area contributed by atoms with Gasteiger partial charge in [-0.3, -0.25) is 4.90 Å². The summed E-state index contributed by atoms with van der Waals surface area (Å²) in [4.78, 5) is 7.28. The molecule has 0 spiro atoms. The predicted octanol–water partition coefficient (Wildman–Crippen LogP) is 1.86. The topological polar surface area (TPSA) is 82.0 Å². The molecule has 1 aliphatic rings. The maximum Gasteiger partial charge on any atom is 0.0443 e. The third-order valence-corrected chi connectivity index (χ3v) is 5.16. The Morgan fingerprint density at radius 1 is 0.667 bits per heavy atom. The number of anilines is 4. The number of nitrogens with zero attached hydrogens (tertiary/aromatic N) is 3. The van der Waals surface area contributed by atoms with Crippen molar-refractivity contribution in [3.8, 4) is 0 Å². The number of nitrogen functional groups attached to an aromatic ring is 2. The van der Waals surface area contributed by atoms with E-state index in [2.05, 4.69) is 39.0 Å². The molecule has 2 aromatic rings. The van der Waals surface area contributed by atoms with E-state index in [9.17, 15) is 5.11 Å². The first kappa shape index (κ1) is 19.3. The number of aliphatic hydroxyl groups excluding tert-OH is 1. The van der Waals surface area contributed by atoms with Crippen molar-refractivity contribution in [1.82, 2.24) is 4.90 Å². The van der Waals surface area contributed by atoms with Gasteiger partial charge in [0.1, 0.15) is 0 Å². The highest BCUT2D eigenvalue weighted by atomic mass is 16.3. The molecule has 0 unspecified atom stereocenters. The molecule has 1 fully saturated rings. The first-order valence-corrected chi connectivity index (χ1v) is 9.70. The van der Waals surface area contributed by atoms with E-state index in [0.717, 1.165) is 63.6 Å². The Morgan fingerprint density at radius 3 is 1.48 bits per heavy atom. The summed E-state index contributed by atoms with van der Waals surface area (Å²) < 4.78 is 0. The van der Waals surface area contributed by atoms with Gasteiger partial charge in [-0.25, -0.2) is 0 Å². The SMILES string of the molecule is Nc1ccc(N2CCN(CCCO)CCN(c3ccc(N)cc3)CC2)cc1. The van der Waals surface area contributed by atoms with Gasteiger partial charge in [-0.1, -0.05) is 0 Å². The zero-order valence-electron chi connectivity index (χ0n) is 15.9. The normalized spacial score (nSPS) is 16.6. The Kier molecular flexibility index (Phi) is 6.79. The van der Waals surface area contributed by atoms with Gasteiger partial charge >= 0.3 is 0 Å². The molecule has 6 heteroatoms. The fourth-order valence-corrected chi connectivity index (χ4v) is 3.51. The number of nitrogens with two attached hydrogens (primary N) is 2. The average molecular weight is 370 g/mol. The molecule has 5 N–H and O–H groups in total. The molecule has 0 saturated carbocycles. The smallest absolute Gasteiger partial charge is 0.0443 e. The Morgan fingerprint density at radius 2 is 1.07 bits per heavy atom. The molecule has 0 aromatic heterocycles. The second kappa shape index (κ2) is 9.48. The molecule has 0 amide bonds. The molecule has 1 saturated heterocycles. The van der Waals surface area contributed by atoms with Crippen molar-refractivity contribution in [3.05, 3.63) is 48.5 Å². The number of benzene rings is 2. The summed E-state index contributed by atoms with van der Waals surface area (Å²) >= 11 is 0. The standard InChI is InChI=1S/C21H31N5O/c22-18-2-6-20(7-3-18)25-13-11-24(10-1-17-27)12-14-26(16-15-25)21-8-4-19(23)5-9-21/h2-9,27H,1,10-17,22-23H2. The minimum Gasteiger partial charge on any atom is -0.399 e. The number of hydrogen-bond acceptors (Lipinski definition) is 6. The fraction of sp³-hybridized carbons (Fsp3) is 0.429. The highest BCUT2D eigenvalue weighted by molar-refractivity contribution is 5.55. The molecule has 2 aromatic carbocycles. The maximum atomic E-state index is 9.22. The lowest BCUT2D eigenvalue weighted by Crippen LogP contribution is -2.37. The first-order valence-electron chi connectivity index (χ1n) is 9.70. The highest BCUT2D eigenvalue weighted by Crippen LogP contribution is 2.20. The van der Waals surface area contributed by atoms with E-state index in [1.807, 2.05) is 24.3 Å². The quantitative estimate of drug-likeness (QED) is 0.698. The van der Waals surface area contributed by atoms with Crippen LogP contribution in [0.3, 0.4) is 0 Å². The van der Waals surface area contributed by atoms with E-state index in [1.54, 1.807) is 0 Å². The van der Waals surface area contributed by atoms with Gasteiger partial charge in [-0.05, 0) is 55.0 Å². The molecule has 1 heterocycles. The van der Waals surface area contributed by atoms with Crippen LogP contribution in [-0.2, 0) is 0 Å². The van der Waals surface area contributed by atoms with Crippen LogP contribution in [0, 0.1) is 0 Å². The van der Waals surface area contributed by atoms with Gasteiger partial charge in [0.25, 0.3) is 0 Å². The molecular formula is C21H31N5O. The van der Waals surface area contributed by atoms with E-state index in [-0.39, 0.29) is 6.61 Å². The predicted molar refractivity (Wildman–Crippen MR) is 114 cm³/mol. The van der Waals surface area contributed by atoms with Crippen LogP contribution < -0.4 is 21.3 Å². The monoisotopic (exact) mass is 369 g/mol. The van der Waals surface area contributed by atoms with Crippen LogP contribution in [0.4, 0.5) is 22.7 Å². The van der Waals surface area contributed by atoms with E-state index >= 15 is 0 Å². The minimum atomic E-state index is 0.236. The van der Waals surface area contributed by atoms with E-state index in [0.29, 0.717) is 0 Å². The Hall–Kier alpha value is -2.44. The van der Waals surface area contributed by atoms with Crippen LogP contribution in [0.1, 0.15) is 6.42 Å². The van der Waals surface area contributed by atoms with Gasteiger partial charge in [0.05, 0.1) is 0 Å². The third kappa shape index (κ3) is 5.52. The van der Waals surface area contributed by atoms with Crippen molar-refractivity contribution >= 4 is 22.7 Å². The number of hydrogen-bond donors (Lipinski definition) is 3. The summed E-state index contributed by atoms with van der Waals surface area (Å²) in [7, 11) is 0. The molecule has 3 rings (SSSR count). The molecule has 6 nitrogen and oxygen atoms in total. The Labute approximate surface area is 162 Å². The van der Waals surface area contributed by atoms with Gasteiger partial charge in [0, 0.05) is 75.2 Å². The van der Waals surface area contributed by atoms with Gasteiger partial charge in [-0.15, -0.1) is 0 Å². The Bertz CT molecular complexity index is 631. The van der Waals surface area contributed by atoms with Crippen LogP contribution in [0.2, 0.25) is 0 Å². The fourth-order valence-electron chi connectivity index (χ4n) is 3.51. The molecule has 146 valence electrons. The van der Waals surface area contributed by atoms with Crippen molar-refractivity contribution in [1.29, 1.82) is 0 Å². The maximum absolute atomic E-state index is 9.22. The summed E-state index contributed by atoms with van der Waals surface area (Å²) in [6, 6.07) is 16.2. The van der Waals surface area contributed by atoms with Crippen LogP contribution in [0.5, 0.6) is 0 Å². The average Bonchev–Trinajstić information content (AvgIpc) is 2.78. The molecule has 0 aliphatic carbocycles. The molecule has 0 radical (unpaired) electrons. The zero-order chi connectivity index (χ0) is 19.1. The van der Waals surface area contributed by atoms with Gasteiger partial charge < -0.3 is 26.4 Å². The van der Waals surface area contributed by atoms with Crippen molar-refractivity contribution in [2.75, 3.05) is 73.7 Å². The summed E-state index contributed by atoms with van der Waals surface area (Å²) in [6.07, 6.45) is 0.809. The lowest BCUT2D eigenvalue weighted by Gasteiger charge is -2.29. The summed E-state index contributed by atoms with van der Waals surface area (Å²) in [6.45, 7) is 6.95. The van der Waals surface area contributed by atoms with Gasteiger partial charge in [0.2, 0.25) is 0 Å². The van der Waals surface area contributed by atoms with Crippen molar-refractivity contribution in [3.63, 3.8) is 0 Å². The van der Waals surface area contributed by atoms with Crippen LogP contribution in [-0.4, -0.2) is 62.4 Å². The Balaban J connectivity index is 1.77. The molecule has 0 bridgehead atoms. The molecule has 27 heavy (non-hydrogen) atoms. The summed E-state index contributed by atoms with van der Waals surface area (Å²) in [5.74, 6) is 0. The van der Waals surface area contributed by atoms with Crippen LogP contribution in [0.25, 0.3) is 0 Å².